The van der Waals surface area contributed by atoms with Crippen LogP contribution < -0.4 is 5.32 Å². The molecule has 7 nitrogen and oxygen atoms in total. The van der Waals surface area contributed by atoms with Crippen molar-refractivity contribution in [2.24, 2.45) is 7.05 Å². The van der Waals surface area contributed by atoms with E-state index < -0.39 is 0 Å². The molecule has 0 radical (unpaired) electrons. The van der Waals surface area contributed by atoms with Crippen LogP contribution >= 0.6 is 0 Å². The Morgan fingerprint density at radius 1 is 1.41 bits per heavy atom. The largest absolute Gasteiger partial charge is 0.377 e. The first-order valence-electron chi connectivity index (χ1n) is 5.19. The van der Waals surface area contributed by atoms with Crippen molar-refractivity contribution in [3.63, 3.8) is 0 Å². The summed E-state index contributed by atoms with van der Waals surface area (Å²) in [6, 6.07) is 1.90. The highest BCUT2D eigenvalue weighted by Gasteiger charge is 2.04. The number of aryl methyl sites for hydroxylation is 1. The van der Waals surface area contributed by atoms with Crippen molar-refractivity contribution in [3.8, 4) is 0 Å². The molecule has 0 aliphatic rings. The molecule has 0 aliphatic heterocycles. The Morgan fingerprint density at radius 3 is 3.18 bits per heavy atom. The molecule has 0 bridgehead atoms. The Morgan fingerprint density at radius 2 is 2.35 bits per heavy atom. The quantitative estimate of drug-likeness (QED) is 0.690. The van der Waals surface area contributed by atoms with Crippen molar-refractivity contribution in [3.05, 3.63) is 30.6 Å². The van der Waals surface area contributed by atoms with Gasteiger partial charge in [-0.2, -0.15) is 10.2 Å². The van der Waals surface area contributed by atoms with Gasteiger partial charge in [0.15, 0.2) is 11.5 Å². The Kier molecular flexibility index (Phi) is 2.21. The molecule has 3 rings (SSSR count). The van der Waals surface area contributed by atoms with Gasteiger partial charge >= 0.3 is 0 Å². The minimum Gasteiger partial charge on any atom is -0.377 e. The van der Waals surface area contributed by atoms with Crippen LogP contribution in [0.3, 0.4) is 0 Å². The number of hydrogen-bond acceptors (Lipinski definition) is 5. The number of aromatic nitrogens is 6. The molecular weight excluding hydrogens is 218 g/mol. The van der Waals surface area contributed by atoms with Crippen molar-refractivity contribution < 1.29 is 0 Å². The Hall–Kier alpha value is -2.44. The lowest BCUT2D eigenvalue weighted by Gasteiger charge is -2.03. The highest BCUT2D eigenvalue weighted by molar-refractivity contribution is 5.87. The van der Waals surface area contributed by atoms with Crippen LogP contribution in [-0.4, -0.2) is 29.9 Å². The monoisotopic (exact) mass is 229 g/mol. The zero-order chi connectivity index (χ0) is 11.7. The van der Waals surface area contributed by atoms with Gasteiger partial charge in [0.05, 0.1) is 18.1 Å². The second kappa shape index (κ2) is 3.85. The fourth-order valence-corrected chi connectivity index (χ4v) is 1.64. The fourth-order valence-electron chi connectivity index (χ4n) is 1.64. The van der Waals surface area contributed by atoms with Gasteiger partial charge in [0.25, 0.3) is 0 Å². The summed E-state index contributed by atoms with van der Waals surface area (Å²) in [5, 5.41) is 15.2. The smallest absolute Gasteiger partial charge is 0.169 e. The topological polar surface area (TPSA) is 84.3 Å². The maximum atomic E-state index is 4.20. The van der Waals surface area contributed by atoms with Gasteiger partial charge in [0, 0.05) is 18.9 Å². The van der Waals surface area contributed by atoms with Crippen LogP contribution in [0.2, 0.25) is 0 Å². The molecule has 86 valence electrons. The average Bonchev–Trinajstić information content (AvgIpc) is 2.94. The minimum atomic E-state index is 0.575. The van der Waals surface area contributed by atoms with Gasteiger partial charge in [-0.1, -0.05) is 0 Å². The first-order chi connectivity index (χ1) is 8.33. The molecule has 0 atom stereocenters. The predicted molar refractivity (Wildman–Crippen MR) is 62.2 cm³/mol. The van der Waals surface area contributed by atoms with Crippen molar-refractivity contribution in [2.75, 3.05) is 5.32 Å². The molecule has 3 aromatic rings. The van der Waals surface area contributed by atoms with E-state index in [2.05, 4.69) is 30.6 Å². The fraction of sp³-hybridized carbons (Fsp3) is 0.200. The van der Waals surface area contributed by atoms with E-state index in [1.54, 1.807) is 23.4 Å². The minimum absolute atomic E-state index is 0.575. The average molecular weight is 229 g/mol. The molecular formula is C10H11N7. The summed E-state index contributed by atoms with van der Waals surface area (Å²) in [6.07, 6.45) is 5.15. The molecule has 0 unspecified atom stereocenters. The van der Waals surface area contributed by atoms with Crippen LogP contribution in [0.5, 0.6) is 0 Å². The zero-order valence-electron chi connectivity index (χ0n) is 9.25. The summed E-state index contributed by atoms with van der Waals surface area (Å²) in [7, 11) is 1.84. The standard InChI is InChI=1S/C10H11N7/c1-17-6-13-9(16-17)5-12-8-2-3-11-10-7(8)4-14-15-10/h2-4,6H,5H2,1H3,(H2,11,12,14,15). The molecule has 0 aromatic carbocycles. The van der Waals surface area contributed by atoms with E-state index in [0.29, 0.717) is 6.54 Å². The van der Waals surface area contributed by atoms with Gasteiger partial charge in [-0.25, -0.2) is 9.97 Å². The number of anilines is 1. The summed E-state index contributed by atoms with van der Waals surface area (Å²) < 4.78 is 1.68. The first-order valence-corrected chi connectivity index (χ1v) is 5.19. The first kappa shape index (κ1) is 9.76. The van der Waals surface area contributed by atoms with Crippen LogP contribution in [0.25, 0.3) is 11.0 Å². The van der Waals surface area contributed by atoms with Crippen molar-refractivity contribution in [1.82, 2.24) is 29.9 Å². The van der Waals surface area contributed by atoms with Gasteiger partial charge in [-0.3, -0.25) is 9.78 Å². The van der Waals surface area contributed by atoms with Crippen molar-refractivity contribution >= 4 is 16.7 Å². The van der Waals surface area contributed by atoms with E-state index in [9.17, 15) is 0 Å². The number of nitrogens with one attached hydrogen (secondary N) is 2. The van der Waals surface area contributed by atoms with E-state index in [1.165, 1.54) is 0 Å². The van der Waals surface area contributed by atoms with Crippen LogP contribution in [-0.2, 0) is 13.6 Å². The van der Waals surface area contributed by atoms with Gasteiger partial charge < -0.3 is 5.32 Å². The highest BCUT2D eigenvalue weighted by Crippen LogP contribution is 2.19. The van der Waals surface area contributed by atoms with Crippen molar-refractivity contribution in [1.29, 1.82) is 0 Å². The van der Waals surface area contributed by atoms with Gasteiger partial charge in [0.1, 0.15) is 6.33 Å². The maximum Gasteiger partial charge on any atom is 0.169 e. The Bertz CT molecular complexity index is 639. The number of fused-ring (bicyclic) bond motifs is 1. The lowest BCUT2D eigenvalue weighted by molar-refractivity contribution is 0.747. The normalized spacial score (nSPS) is 10.9. The van der Waals surface area contributed by atoms with Crippen LogP contribution in [0.15, 0.2) is 24.8 Å². The second-order valence-electron chi connectivity index (χ2n) is 3.68. The van der Waals surface area contributed by atoms with Crippen LogP contribution in [0, 0.1) is 0 Å². The summed E-state index contributed by atoms with van der Waals surface area (Å²) >= 11 is 0. The summed E-state index contributed by atoms with van der Waals surface area (Å²) in [6.45, 7) is 0.575. The second-order valence-corrected chi connectivity index (χ2v) is 3.68. The molecule has 0 spiro atoms. The van der Waals surface area contributed by atoms with Crippen LogP contribution in [0.4, 0.5) is 5.69 Å². The highest BCUT2D eigenvalue weighted by atomic mass is 15.3. The predicted octanol–water partition coefficient (Wildman–Crippen LogP) is 0.698. The van der Waals surface area contributed by atoms with Gasteiger partial charge in [-0.15, -0.1) is 0 Å². The lowest BCUT2D eigenvalue weighted by atomic mass is 10.3. The molecule has 3 aromatic heterocycles. The molecule has 17 heavy (non-hydrogen) atoms. The third-order valence-electron chi connectivity index (χ3n) is 2.44. The number of H-pyrrole nitrogens is 1. The summed E-state index contributed by atoms with van der Waals surface area (Å²) in [4.78, 5) is 8.32. The number of pyridine rings is 1. The number of hydrogen-bond donors (Lipinski definition) is 2. The third kappa shape index (κ3) is 1.82. The summed E-state index contributed by atoms with van der Waals surface area (Å²) in [5.74, 6) is 0.751. The Balaban J connectivity index is 1.83. The number of aromatic amines is 1. The maximum absolute atomic E-state index is 4.20. The Labute approximate surface area is 96.9 Å². The molecule has 7 heteroatoms. The molecule has 0 fully saturated rings. The molecule has 3 heterocycles. The molecule has 0 aliphatic carbocycles. The van der Waals surface area contributed by atoms with Crippen LogP contribution in [0.1, 0.15) is 5.82 Å². The third-order valence-corrected chi connectivity index (χ3v) is 2.44. The number of nitrogens with zero attached hydrogens (tertiary/aromatic N) is 5. The van der Waals surface area contributed by atoms with Gasteiger partial charge in [0.2, 0.25) is 0 Å². The zero-order valence-corrected chi connectivity index (χ0v) is 9.25. The number of rotatable bonds is 3. The van der Waals surface area contributed by atoms with E-state index in [4.69, 9.17) is 0 Å². The van der Waals surface area contributed by atoms with E-state index in [1.807, 2.05) is 13.1 Å². The van der Waals surface area contributed by atoms with E-state index >= 15 is 0 Å². The molecule has 0 saturated heterocycles. The van der Waals surface area contributed by atoms with Gasteiger partial charge in [-0.05, 0) is 6.07 Å². The lowest BCUT2D eigenvalue weighted by Crippen LogP contribution is -2.02. The molecule has 0 saturated carbocycles. The summed E-state index contributed by atoms with van der Waals surface area (Å²) in [5.41, 5.74) is 1.74. The van der Waals surface area contributed by atoms with E-state index in [0.717, 1.165) is 22.5 Å². The molecule has 2 N–H and O–H groups in total. The SMILES string of the molecule is Cn1cnc(CNc2ccnc3[nH]ncc23)n1. The molecule has 0 amide bonds. The van der Waals surface area contributed by atoms with Crippen molar-refractivity contribution in [2.45, 2.75) is 6.54 Å². The van der Waals surface area contributed by atoms with E-state index in [-0.39, 0.29) is 0 Å².